The summed E-state index contributed by atoms with van der Waals surface area (Å²) in [6.45, 7) is 11.0. The fourth-order valence-corrected chi connectivity index (χ4v) is 4.53. The van der Waals surface area contributed by atoms with Gasteiger partial charge in [0.15, 0.2) is 0 Å². The minimum atomic E-state index is 0.428. The van der Waals surface area contributed by atoms with Crippen molar-refractivity contribution in [2.24, 2.45) is 17.3 Å². The molecule has 1 aliphatic carbocycles. The van der Waals surface area contributed by atoms with Crippen LogP contribution in [0.1, 0.15) is 49.1 Å². The van der Waals surface area contributed by atoms with Gasteiger partial charge in [-0.1, -0.05) is 5.16 Å². The summed E-state index contributed by atoms with van der Waals surface area (Å²) in [7, 11) is 0. The Hall–Kier alpha value is -0.910. The van der Waals surface area contributed by atoms with Crippen LogP contribution in [0, 0.1) is 31.1 Å². The Morgan fingerprint density at radius 3 is 2.64 bits per heavy atom. The third-order valence-corrected chi connectivity index (χ3v) is 6.71. The SMILES string of the molecule is Cc1noc(C)c1CN1CCC2(CCOC[C@H]2COCC2CC2)CC1. The van der Waals surface area contributed by atoms with E-state index in [2.05, 4.69) is 10.1 Å². The lowest BCUT2D eigenvalue weighted by Crippen LogP contribution is -2.49. The average Bonchev–Trinajstić information content (AvgIpc) is 3.40. The molecule has 0 bridgehead atoms. The molecule has 1 aromatic heterocycles. The molecule has 2 aliphatic heterocycles. The molecule has 5 heteroatoms. The first-order valence-electron chi connectivity index (χ1n) is 9.96. The van der Waals surface area contributed by atoms with Crippen LogP contribution in [0.15, 0.2) is 4.52 Å². The van der Waals surface area contributed by atoms with Crippen molar-refractivity contribution in [1.82, 2.24) is 10.1 Å². The normalized spacial score (nSPS) is 27.0. The number of hydrogen-bond donors (Lipinski definition) is 0. The number of ether oxygens (including phenoxy) is 2. The maximum Gasteiger partial charge on any atom is 0.138 e. The second-order valence-corrected chi connectivity index (χ2v) is 8.44. The fourth-order valence-electron chi connectivity index (χ4n) is 4.53. The minimum Gasteiger partial charge on any atom is -0.381 e. The monoisotopic (exact) mass is 348 g/mol. The van der Waals surface area contributed by atoms with Crippen molar-refractivity contribution in [2.45, 2.75) is 52.5 Å². The van der Waals surface area contributed by atoms with Gasteiger partial charge in [0, 0.05) is 31.2 Å². The van der Waals surface area contributed by atoms with Gasteiger partial charge in [-0.3, -0.25) is 4.90 Å². The van der Waals surface area contributed by atoms with Crippen LogP contribution in [0.25, 0.3) is 0 Å². The van der Waals surface area contributed by atoms with Crippen molar-refractivity contribution in [3.8, 4) is 0 Å². The standard InChI is InChI=1S/C20H32N2O3/c1-15-19(16(2)25-21-15)11-22-8-5-20(6-9-22)7-10-23-13-18(20)14-24-12-17-3-4-17/h17-18H,3-14H2,1-2H3/t18-/m0/s1. The molecule has 3 aliphatic rings. The zero-order valence-corrected chi connectivity index (χ0v) is 15.8. The quantitative estimate of drug-likeness (QED) is 0.789. The zero-order chi connectivity index (χ0) is 17.3. The highest BCUT2D eigenvalue weighted by Gasteiger charge is 2.43. The van der Waals surface area contributed by atoms with Gasteiger partial charge in [-0.15, -0.1) is 0 Å². The Morgan fingerprint density at radius 1 is 1.16 bits per heavy atom. The molecule has 5 nitrogen and oxygen atoms in total. The number of aromatic nitrogens is 1. The van der Waals surface area contributed by atoms with Crippen molar-refractivity contribution in [3.05, 3.63) is 17.0 Å². The van der Waals surface area contributed by atoms with E-state index in [0.29, 0.717) is 11.3 Å². The first-order valence-corrected chi connectivity index (χ1v) is 9.96. The highest BCUT2D eigenvalue weighted by atomic mass is 16.5. The van der Waals surface area contributed by atoms with Gasteiger partial charge in [-0.05, 0) is 70.4 Å². The summed E-state index contributed by atoms with van der Waals surface area (Å²) < 4.78 is 17.2. The van der Waals surface area contributed by atoms with Gasteiger partial charge in [0.1, 0.15) is 5.76 Å². The summed E-state index contributed by atoms with van der Waals surface area (Å²) in [4.78, 5) is 2.56. The number of rotatable bonds is 6. The van der Waals surface area contributed by atoms with Gasteiger partial charge >= 0.3 is 0 Å². The fraction of sp³-hybridized carbons (Fsp3) is 0.850. The molecule has 0 N–H and O–H groups in total. The highest BCUT2D eigenvalue weighted by molar-refractivity contribution is 5.20. The molecule has 3 heterocycles. The lowest BCUT2D eigenvalue weighted by molar-refractivity contribution is -0.101. The molecular weight excluding hydrogens is 316 g/mol. The highest BCUT2D eigenvalue weighted by Crippen LogP contribution is 2.45. The van der Waals surface area contributed by atoms with Crippen LogP contribution >= 0.6 is 0 Å². The van der Waals surface area contributed by atoms with Crippen LogP contribution in [-0.2, 0) is 16.0 Å². The van der Waals surface area contributed by atoms with Crippen molar-refractivity contribution in [3.63, 3.8) is 0 Å². The van der Waals surface area contributed by atoms with Crippen LogP contribution in [0.4, 0.5) is 0 Å². The topological polar surface area (TPSA) is 47.7 Å². The van der Waals surface area contributed by atoms with Gasteiger partial charge in [0.25, 0.3) is 0 Å². The van der Waals surface area contributed by atoms with Gasteiger partial charge in [0.05, 0.1) is 18.9 Å². The van der Waals surface area contributed by atoms with Crippen LogP contribution in [-0.4, -0.2) is 49.6 Å². The van der Waals surface area contributed by atoms with E-state index in [4.69, 9.17) is 14.0 Å². The summed E-state index contributed by atoms with van der Waals surface area (Å²) in [6.07, 6.45) is 6.45. The van der Waals surface area contributed by atoms with Crippen LogP contribution in [0.2, 0.25) is 0 Å². The first kappa shape index (κ1) is 17.5. The van der Waals surface area contributed by atoms with E-state index in [1.165, 1.54) is 37.7 Å². The van der Waals surface area contributed by atoms with Crippen LogP contribution < -0.4 is 0 Å². The number of nitrogens with zero attached hydrogens (tertiary/aromatic N) is 2. The van der Waals surface area contributed by atoms with Crippen molar-refractivity contribution in [1.29, 1.82) is 0 Å². The average molecular weight is 348 g/mol. The van der Waals surface area contributed by atoms with Gasteiger partial charge in [-0.25, -0.2) is 0 Å². The smallest absolute Gasteiger partial charge is 0.138 e. The number of hydrogen-bond acceptors (Lipinski definition) is 5. The van der Waals surface area contributed by atoms with E-state index in [9.17, 15) is 0 Å². The molecule has 0 unspecified atom stereocenters. The predicted octanol–water partition coefficient (Wildman–Crippen LogP) is 3.34. The summed E-state index contributed by atoms with van der Waals surface area (Å²) in [5, 5.41) is 4.10. The lowest BCUT2D eigenvalue weighted by atomic mass is 9.66. The molecule has 1 saturated carbocycles. The second-order valence-electron chi connectivity index (χ2n) is 8.44. The Bertz CT molecular complexity index is 554. The molecule has 1 aromatic rings. The maximum absolute atomic E-state index is 6.05. The first-order chi connectivity index (χ1) is 12.2. The predicted molar refractivity (Wildman–Crippen MR) is 95.4 cm³/mol. The Balaban J connectivity index is 1.33. The van der Waals surface area contributed by atoms with E-state index in [1.54, 1.807) is 0 Å². The van der Waals surface area contributed by atoms with E-state index in [0.717, 1.165) is 63.4 Å². The van der Waals surface area contributed by atoms with Crippen LogP contribution in [0.3, 0.4) is 0 Å². The molecule has 140 valence electrons. The molecule has 0 aromatic carbocycles. The Labute approximate surface area is 151 Å². The minimum absolute atomic E-state index is 0.428. The molecule has 0 amide bonds. The van der Waals surface area contributed by atoms with E-state index in [1.807, 2.05) is 13.8 Å². The summed E-state index contributed by atoms with van der Waals surface area (Å²) in [5.74, 6) is 2.38. The molecule has 3 fully saturated rings. The molecule has 2 saturated heterocycles. The van der Waals surface area contributed by atoms with Crippen molar-refractivity contribution < 1.29 is 14.0 Å². The van der Waals surface area contributed by atoms with Crippen LogP contribution in [0.5, 0.6) is 0 Å². The van der Waals surface area contributed by atoms with Gasteiger partial charge in [-0.2, -0.15) is 0 Å². The van der Waals surface area contributed by atoms with Crippen molar-refractivity contribution >= 4 is 0 Å². The summed E-state index contributed by atoms with van der Waals surface area (Å²) in [5.41, 5.74) is 2.74. The third kappa shape index (κ3) is 3.93. The molecule has 1 atom stereocenters. The zero-order valence-electron chi connectivity index (χ0n) is 15.8. The second kappa shape index (κ2) is 7.37. The molecule has 4 rings (SSSR count). The summed E-state index contributed by atoms with van der Waals surface area (Å²) in [6, 6.07) is 0. The molecule has 25 heavy (non-hydrogen) atoms. The third-order valence-electron chi connectivity index (χ3n) is 6.71. The number of likely N-dealkylation sites (tertiary alicyclic amines) is 1. The lowest BCUT2D eigenvalue weighted by Gasteiger charge is -2.49. The Kier molecular flexibility index (Phi) is 5.16. The Morgan fingerprint density at radius 2 is 1.96 bits per heavy atom. The number of piperidine rings is 1. The van der Waals surface area contributed by atoms with Gasteiger partial charge in [0.2, 0.25) is 0 Å². The number of aryl methyl sites for hydroxylation is 2. The maximum atomic E-state index is 6.05. The molecular formula is C20H32N2O3. The van der Waals surface area contributed by atoms with Crippen molar-refractivity contribution in [2.75, 3.05) is 39.5 Å². The molecule has 1 spiro atoms. The molecule has 0 radical (unpaired) electrons. The van der Waals surface area contributed by atoms with E-state index < -0.39 is 0 Å². The summed E-state index contributed by atoms with van der Waals surface area (Å²) >= 11 is 0. The van der Waals surface area contributed by atoms with E-state index >= 15 is 0 Å². The van der Waals surface area contributed by atoms with Gasteiger partial charge < -0.3 is 14.0 Å². The largest absolute Gasteiger partial charge is 0.381 e. The van der Waals surface area contributed by atoms with E-state index in [-0.39, 0.29) is 0 Å².